The molecule has 2 saturated heterocycles. The predicted molar refractivity (Wildman–Crippen MR) is 83.4 cm³/mol. The summed E-state index contributed by atoms with van der Waals surface area (Å²) in [5.74, 6) is -0.192. The lowest BCUT2D eigenvalue weighted by molar-refractivity contribution is -0.117. The molecule has 3 rings (SSSR count). The van der Waals surface area contributed by atoms with E-state index in [2.05, 4.69) is 4.90 Å². The van der Waals surface area contributed by atoms with Crippen molar-refractivity contribution in [3.05, 3.63) is 24.3 Å². The maximum absolute atomic E-state index is 12.1. The second-order valence-electron chi connectivity index (χ2n) is 5.52. The van der Waals surface area contributed by atoms with Crippen molar-refractivity contribution in [2.75, 3.05) is 29.4 Å². The van der Waals surface area contributed by atoms with Crippen molar-refractivity contribution < 1.29 is 13.2 Å². The zero-order valence-electron chi connectivity index (χ0n) is 11.5. The van der Waals surface area contributed by atoms with Gasteiger partial charge in [-0.15, -0.1) is 0 Å². The van der Waals surface area contributed by atoms with Gasteiger partial charge in [-0.2, -0.15) is 0 Å². The van der Waals surface area contributed by atoms with Crippen molar-refractivity contribution in [1.29, 1.82) is 0 Å². The van der Waals surface area contributed by atoms with Crippen LogP contribution >= 0.6 is 10.7 Å². The maximum atomic E-state index is 12.1. The van der Waals surface area contributed by atoms with Crippen molar-refractivity contribution in [2.45, 2.75) is 24.5 Å². The Balaban J connectivity index is 1.84. The topological polar surface area (TPSA) is 57.7 Å². The SMILES string of the molecule is O=C1CC(S(=O)(=O)Cl)CN1c1cccc(N2CCCC2)c1. The summed E-state index contributed by atoms with van der Waals surface area (Å²) in [5, 5.41) is -0.817. The quantitative estimate of drug-likeness (QED) is 0.796. The van der Waals surface area contributed by atoms with Crippen molar-refractivity contribution in [1.82, 2.24) is 0 Å². The van der Waals surface area contributed by atoms with E-state index in [1.165, 1.54) is 17.7 Å². The molecule has 2 fully saturated rings. The maximum Gasteiger partial charge on any atom is 0.237 e. The Hall–Kier alpha value is -1.27. The van der Waals surface area contributed by atoms with Gasteiger partial charge in [0.2, 0.25) is 15.0 Å². The second kappa shape index (κ2) is 5.50. The van der Waals surface area contributed by atoms with Gasteiger partial charge in [-0.1, -0.05) is 6.07 Å². The van der Waals surface area contributed by atoms with Gasteiger partial charge >= 0.3 is 0 Å². The van der Waals surface area contributed by atoms with Crippen LogP contribution in [0.1, 0.15) is 19.3 Å². The lowest BCUT2D eigenvalue weighted by atomic mass is 10.2. The Labute approximate surface area is 128 Å². The van der Waals surface area contributed by atoms with E-state index in [4.69, 9.17) is 10.7 Å². The molecule has 0 saturated carbocycles. The van der Waals surface area contributed by atoms with E-state index >= 15 is 0 Å². The van der Waals surface area contributed by atoms with E-state index in [1.54, 1.807) is 0 Å². The first kappa shape index (κ1) is 14.7. The number of hydrogen-bond acceptors (Lipinski definition) is 4. The molecule has 1 aromatic carbocycles. The van der Waals surface area contributed by atoms with E-state index in [0.29, 0.717) is 0 Å². The van der Waals surface area contributed by atoms with Gasteiger partial charge in [0.25, 0.3) is 0 Å². The zero-order chi connectivity index (χ0) is 15.0. The fraction of sp³-hybridized carbons (Fsp3) is 0.500. The van der Waals surface area contributed by atoms with Gasteiger partial charge in [-0.05, 0) is 31.0 Å². The fourth-order valence-corrected chi connectivity index (χ4v) is 3.97. The van der Waals surface area contributed by atoms with Gasteiger partial charge in [-0.3, -0.25) is 4.79 Å². The summed E-state index contributed by atoms with van der Waals surface area (Å²) in [6.45, 7) is 2.18. The third-order valence-corrected chi connectivity index (χ3v) is 5.97. The largest absolute Gasteiger partial charge is 0.371 e. The van der Waals surface area contributed by atoms with Gasteiger partial charge in [0.15, 0.2) is 0 Å². The first-order chi connectivity index (χ1) is 9.95. The number of halogens is 1. The minimum atomic E-state index is -3.70. The molecule has 1 atom stereocenters. The normalized spacial score (nSPS) is 23.1. The molecule has 5 nitrogen and oxygen atoms in total. The first-order valence-electron chi connectivity index (χ1n) is 7.04. The number of nitrogens with zero attached hydrogens (tertiary/aromatic N) is 2. The van der Waals surface area contributed by atoms with E-state index in [-0.39, 0.29) is 18.9 Å². The van der Waals surface area contributed by atoms with E-state index in [9.17, 15) is 13.2 Å². The van der Waals surface area contributed by atoms with Crippen LogP contribution in [0.25, 0.3) is 0 Å². The van der Waals surface area contributed by atoms with Gasteiger partial charge in [0, 0.05) is 48.1 Å². The Morgan fingerprint density at radius 1 is 1.14 bits per heavy atom. The average Bonchev–Trinajstić information content (AvgIpc) is 3.07. The Kier molecular flexibility index (Phi) is 3.84. The molecule has 2 aliphatic heterocycles. The number of amides is 1. The molecule has 0 radical (unpaired) electrons. The van der Waals surface area contributed by atoms with E-state index < -0.39 is 14.3 Å². The molecule has 2 aliphatic rings. The molecule has 0 spiro atoms. The molecule has 0 aliphatic carbocycles. The lowest BCUT2D eigenvalue weighted by Gasteiger charge is -2.21. The van der Waals surface area contributed by atoms with Crippen LogP contribution in [0.4, 0.5) is 11.4 Å². The monoisotopic (exact) mass is 328 g/mol. The van der Waals surface area contributed by atoms with Crippen LogP contribution in [-0.2, 0) is 13.8 Å². The van der Waals surface area contributed by atoms with Crippen LogP contribution < -0.4 is 9.80 Å². The fourth-order valence-electron chi connectivity index (χ4n) is 2.95. The molecular weight excluding hydrogens is 312 g/mol. The highest BCUT2D eigenvalue weighted by molar-refractivity contribution is 8.14. The van der Waals surface area contributed by atoms with Crippen LogP contribution in [0.15, 0.2) is 24.3 Å². The highest BCUT2D eigenvalue weighted by Gasteiger charge is 2.38. The molecule has 1 aromatic rings. The molecule has 7 heteroatoms. The number of carbonyl (C=O) groups is 1. The minimum absolute atomic E-state index is 0.0419. The van der Waals surface area contributed by atoms with Gasteiger partial charge in [-0.25, -0.2) is 8.42 Å². The average molecular weight is 329 g/mol. The molecule has 0 aromatic heterocycles. The first-order valence-corrected chi connectivity index (χ1v) is 9.41. The Bertz CT molecular complexity index is 656. The molecule has 114 valence electrons. The number of benzene rings is 1. The van der Waals surface area contributed by atoms with Crippen LogP contribution in [-0.4, -0.2) is 39.2 Å². The highest BCUT2D eigenvalue weighted by Crippen LogP contribution is 2.30. The standard InChI is InChI=1S/C14H17ClN2O3S/c15-21(19,20)13-9-14(18)17(10-13)12-5-3-4-11(8-12)16-6-1-2-7-16/h3-5,8,13H,1-2,6-7,9-10H2. The summed E-state index contributed by atoms with van der Waals surface area (Å²) in [6.07, 6.45) is 2.32. The molecular formula is C14H17ClN2O3S. The molecule has 21 heavy (non-hydrogen) atoms. The number of rotatable bonds is 3. The number of hydrogen-bond donors (Lipinski definition) is 0. The van der Waals surface area contributed by atoms with Crippen molar-refractivity contribution in [3.63, 3.8) is 0 Å². The highest BCUT2D eigenvalue weighted by atomic mass is 35.7. The lowest BCUT2D eigenvalue weighted by Crippen LogP contribution is -2.27. The van der Waals surface area contributed by atoms with E-state index in [0.717, 1.165) is 24.5 Å². The molecule has 1 unspecified atom stereocenters. The summed E-state index contributed by atoms with van der Waals surface area (Å²) in [7, 11) is 1.67. The third kappa shape index (κ3) is 3.01. The van der Waals surface area contributed by atoms with Crippen LogP contribution in [0, 0.1) is 0 Å². The van der Waals surface area contributed by atoms with Crippen LogP contribution in [0.3, 0.4) is 0 Å². The van der Waals surface area contributed by atoms with Gasteiger partial charge in [0.05, 0.1) is 0 Å². The Morgan fingerprint density at radius 2 is 1.81 bits per heavy atom. The van der Waals surface area contributed by atoms with Crippen molar-refractivity contribution >= 4 is 37.0 Å². The summed E-state index contributed by atoms with van der Waals surface area (Å²) in [6, 6.07) is 7.71. The van der Waals surface area contributed by atoms with Crippen LogP contribution in [0.2, 0.25) is 0 Å². The smallest absolute Gasteiger partial charge is 0.237 e. The summed E-state index contributed by atoms with van der Waals surface area (Å²) < 4.78 is 22.8. The number of carbonyl (C=O) groups excluding carboxylic acids is 1. The third-order valence-electron chi connectivity index (χ3n) is 4.10. The minimum Gasteiger partial charge on any atom is -0.371 e. The molecule has 1 amide bonds. The van der Waals surface area contributed by atoms with Gasteiger partial charge < -0.3 is 9.80 Å². The number of anilines is 2. The molecule has 2 heterocycles. The van der Waals surface area contributed by atoms with Crippen molar-refractivity contribution in [3.8, 4) is 0 Å². The Morgan fingerprint density at radius 3 is 2.43 bits per heavy atom. The molecule has 0 bridgehead atoms. The summed E-state index contributed by atoms with van der Waals surface area (Å²) in [5.41, 5.74) is 1.82. The summed E-state index contributed by atoms with van der Waals surface area (Å²) >= 11 is 0. The summed E-state index contributed by atoms with van der Waals surface area (Å²) in [4.78, 5) is 15.8. The second-order valence-corrected chi connectivity index (χ2v) is 8.43. The van der Waals surface area contributed by atoms with E-state index in [1.807, 2.05) is 24.3 Å². The van der Waals surface area contributed by atoms with Crippen LogP contribution in [0.5, 0.6) is 0 Å². The zero-order valence-corrected chi connectivity index (χ0v) is 13.1. The van der Waals surface area contributed by atoms with Gasteiger partial charge in [0.1, 0.15) is 5.25 Å². The van der Waals surface area contributed by atoms with Crippen molar-refractivity contribution in [2.24, 2.45) is 0 Å². The predicted octanol–water partition coefficient (Wildman–Crippen LogP) is 1.96. The molecule has 0 N–H and O–H groups in total.